The Morgan fingerprint density at radius 3 is 2.30 bits per heavy atom. The molecular weight excluding hydrogens is 367 g/mol. The Morgan fingerprint density at radius 1 is 1.07 bits per heavy atom. The molecule has 0 saturated heterocycles. The summed E-state index contributed by atoms with van der Waals surface area (Å²) < 4.78 is 41.2. The number of hydrogen-bond donors (Lipinski definition) is 0. The summed E-state index contributed by atoms with van der Waals surface area (Å²) in [4.78, 5) is 45.4. The molecule has 10 heteroatoms. The maximum Gasteiger partial charge on any atom is 0.435 e. The van der Waals surface area contributed by atoms with Gasteiger partial charge in [-0.3, -0.25) is 9.59 Å². The molecule has 7 nitrogen and oxygen atoms in total. The molecule has 27 heavy (non-hydrogen) atoms. The number of hydrogen-bond acceptors (Lipinski definition) is 5. The molecule has 0 spiro atoms. The SMILES string of the molecule is O=C(ON1C(=O)c2ccccc2C1=O)c1c(C(F)(F)F)nc2n1CCCC2. The van der Waals surface area contributed by atoms with E-state index in [1.165, 1.54) is 24.3 Å². The second kappa shape index (κ2) is 5.93. The molecule has 0 fully saturated rings. The van der Waals surface area contributed by atoms with Crippen LogP contribution < -0.4 is 0 Å². The number of hydroxylamine groups is 2. The highest BCUT2D eigenvalue weighted by Crippen LogP contribution is 2.34. The van der Waals surface area contributed by atoms with Crippen molar-refractivity contribution in [3.8, 4) is 0 Å². The van der Waals surface area contributed by atoms with E-state index >= 15 is 0 Å². The van der Waals surface area contributed by atoms with Crippen LogP contribution in [0.15, 0.2) is 24.3 Å². The highest BCUT2D eigenvalue weighted by atomic mass is 19.4. The fourth-order valence-electron chi connectivity index (χ4n) is 3.26. The number of amides is 2. The number of nitrogens with zero attached hydrogens (tertiary/aromatic N) is 3. The Morgan fingerprint density at radius 2 is 1.70 bits per heavy atom. The van der Waals surface area contributed by atoms with Gasteiger partial charge in [0.1, 0.15) is 5.82 Å². The third kappa shape index (κ3) is 2.68. The van der Waals surface area contributed by atoms with Crippen molar-refractivity contribution < 1.29 is 32.4 Å². The first-order chi connectivity index (χ1) is 12.8. The smallest absolute Gasteiger partial charge is 0.323 e. The number of imidazole rings is 1. The standard InChI is InChI=1S/C17H12F3N3O4/c18-17(19,20)13-12(22-8-4-3-7-11(22)21-13)16(26)27-23-14(24)9-5-1-2-6-10(9)15(23)25/h1-2,5-6H,3-4,7-8H2. The van der Waals surface area contributed by atoms with Crippen LogP contribution >= 0.6 is 0 Å². The van der Waals surface area contributed by atoms with E-state index in [4.69, 9.17) is 4.84 Å². The molecule has 2 aliphatic rings. The van der Waals surface area contributed by atoms with E-state index in [9.17, 15) is 27.6 Å². The van der Waals surface area contributed by atoms with Crippen molar-refractivity contribution in [2.24, 2.45) is 0 Å². The van der Waals surface area contributed by atoms with E-state index in [0.29, 0.717) is 19.3 Å². The first-order valence-corrected chi connectivity index (χ1v) is 8.15. The van der Waals surface area contributed by atoms with Gasteiger partial charge in [-0.25, -0.2) is 9.78 Å². The Labute approximate surface area is 150 Å². The van der Waals surface area contributed by atoms with Crippen LogP contribution in [0.5, 0.6) is 0 Å². The van der Waals surface area contributed by atoms with E-state index in [1.807, 2.05) is 0 Å². The van der Waals surface area contributed by atoms with Gasteiger partial charge in [-0.05, 0) is 25.0 Å². The summed E-state index contributed by atoms with van der Waals surface area (Å²) in [5.41, 5.74) is -2.14. The normalized spacial score (nSPS) is 16.3. The molecule has 0 saturated carbocycles. The lowest BCUT2D eigenvalue weighted by molar-refractivity contribution is -0.142. The zero-order chi connectivity index (χ0) is 19.3. The second-order valence-corrected chi connectivity index (χ2v) is 6.16. The van der Waals surface area contributed by atoms with Gasteiger partial charge in [0, 0.05) is 13.0 Å². The van der Waals surface area contributed by atoms with E-state index in [0.717, 1.165) is 4.57 Å². The lowest BCUT2D eigenvalue weighted by Crippen LogP contribution is -2.34. The number of rotatable bonds is 2. The Bertz CT molecular complexity index is 945. The number of alkyl halides is 3. The summed E-state index contributed by atoms with van der Waals surface area (Å²) >= 11 is 0. The summed E-state index contributed by atoms with van der Waals surface area (Å²) in [6, 6.07) is 5.77. The minimum Gasteiger partial charge on any atom is -0.323 e. The number of benzene rings is 1. The van der Waals surface area contributed by atoms with Gasteiger partial charge in [-0.1, -0.05) is 17.2 Å². The molecule has 140 valence electrons. The van der Waals surface area contributed by atoms with Gasteiger partial charge in [0.15, 0.2) is 11.4 Å². The van der Waals surface area contributed by atoms with E-state index in [-0.39, 0.29) is 28.6 Å². The second-order valence-electron chi connectivity index (χ2n) is 6.16. The van der Waals surface area contributed by atoms with E-state index < -0.39 is 35.3 Å². The van der Waals surface area contributed by atoms with E-state index in [1.54, 1.807) is 0 Å². The molecule has 1 aromatic carbocycles. The van der Waals surface area contributed by atoms with Crippen LogP contribution in [0, 0.1) is 0 Å². The molecule has 0 atom stereocenters. The lowest BCUT2D eigenvalue weighted by Gasteiger charge is -2.18. The Balaban J connectivity index is 1.70. The maximum atomic E-state index is 13.3. The molecule has 2 aliphatic heterocycles. The van der Waals surface area contributed by atoms with Crippen LogP contribution in [-0.4, -0.2) is 32.4 Å². The predicted octanol–water partition coefficient (Wildman–Crippen LogP) is 2.61. The molecule has 0 unspecified atom stereocenters. The summed E-state index contributed by atoms with van der Waals surface area (Å²) in [5, 5.41) is 0.190. The van der Waals surface area contributed by atoms with Crippen molar-refractivity contribution >= 4 is 17.8 Å². The molecule has 4 rings (SSSR count). The predicted molar refractivity (Wildman–Crippen MR) is 82.5 cm³/mol. The van der Waals surface area contributed by atoms with Crippen LogP contribution in [0.25, 0.3) is 0 Å². The van der Waals surface area contributed by atoms with Crippen molar-refractivity contribution in [3.05, 3.63) is 52.6 Å². The van der Waals surface area contributed by atoms with Crippen LogP contribution in [0.1, 0.15) is 55.6 Å². The molecule has 0 aliphatic carbocycles. The monoisotopic (exact) mass is 379 g/mol. The number of aryl methyl sites for hydroxylation is 1. The molecule has 2 aromatic rings. The lowest BCUT2D eigenvalue weighted by atomic mass is 10.1. The van der Waals surface area contributed by atoms with Crippen molar-refractivity contribution in [3.63, 3.8) is 0 Å². The molecule has 2 amide bonds. The first-order valence-electron chi connectivity index (χ1n) is 8.15. The summed E-state index contributed by atoms with van der Waals surface area (Å²) in [6.45, 7) is 0.172. The van der Waals surface area contributed by atoms with Crippen LogP contribution in [0.3, 0.4) is 0 Å². The first kappa shape index (κ1) is 17.3. The molecule has 1 aromatic heterocycles. The largest absolute Gasteiger partial charge is 0.435 e. The third-order valence-corrected chi connectivity index (χ3v) is 4.47. The van der Waals surface area contributed by atoms with Gasteiger partial charge in [0.2, 0.25) is 0 Å². The minimum atomic E-state index is -4.87. The van der Waals surface area contributed by atoms with Crippen molar-refractivity contribution in [2.75, 3.05) is 0 Å². The van der Waals surface area contributed by atoms with Gasteiger partial charge in [0.25, 0.3) is 11.8 Å². The topological polar surface area (TPSA) is 81.5 Å². The van der Waals surface area contributed by atoms with Crippen molar-refractivity contribution in [1.82, 2.24) is 14.6 Å². The minimum absolute atomic E-state index is 0.0154. The average molecular weight is 379 g/mol. The quantitative estimate of drug-likeness (QED) is 0.750. The van der Waals surface area contributed by atoms with Gasteiger partial charge in [-0.2, -0.15) is 13.2 Å². The number of imide groups is 1. The van der Waals surface area contributed by atoms with Gasteiger partial charge in [0.05, 0.1) is 11.1 Å². The van der Waals surface area contributed by atoms with Crippen LogP contribution in [0.4, 0.5) is 13.2 Å². The number of halogens is 3. The average Bonchev–Trinajstić information content (AvgIpc) is 3.14. The fourth-order valence-corrected chi connectivity index (χ4v) is 3.26. The molecule has 0 bridgehead atoms. The van der Waals surface area contributed by atoms with Gasteiger partial charge >= 0.3 is 12.1 Å². The number of carbonyl (C=O) groups excluding carboxylic acids is 3. The van der Waals surface area contributed by atoms with Crippen molar-refractivity contribution in [1.29, 1.82) is 0 Å². The molecule has 0 radical (unpaired) electrons. The molecule has 3 heterocycles. The highest BCUT2D eigenvalue weighted by Gasteiger charge is 2.45. The van der Waals surface area contributed by atoms with Gasteiger partial charge < -0.3 is 9.40 Å². The van der Waals surface area contributed by atoms with Gasteiger partial charge in [-0.15, -0.1) is 0 Å². The van der Waals surface area contributed by atoms with Crippen molar-refractivity contribution in [2.45, 2.75) is 32.0 Å². The third-order valence-electron chi connectivity index (χ3n) is 4.47. The fraction of sp³-hybridized carbons (Fsp3) is 0.294. The number of carbonyl (C=O) groups is 3. The number of fused-ring (bicyclic) bond motifs is 2. The summed E-state index contributed by atoms with van der Waals surface area (Å²) in [6.07, 6.45) is -3.35. The van der Waals surface area contributed by atoms with E-state index in [2.05, 4.69) is 4.98 Å². The maximum absolute atomic E-state index is 13.3. The Kier molecular flexibility index (Phi) is 3.79. The summed E-state index contributed by atoms with van der Waals surface area (Å²) in [7, 11) is 0. The highest BCUT2D eigenvalue weighted by molar-refractivity contribution is 6.21. The Hall–Kier alpha value is -3.17. The van der Waals surface area contributed by atoms with Crippen LogP contribution in [0.2, 0.25) is 0 Å². The van der Waals surface area contributed by atoms with Crippen LogP contribution in [-0.2, 0) is 24.0 Å². The zero-order valence-electron chi connectivity index (χ0n) is 13.7. The number of aromatic nitrogens is 2. The zero-order valence-corrected chi connectivity index (χ0v) is 13.7. The summed E-state index contributed by atoms with van der Waals surface area (Å²) in [5.74, 6) is -3.13. The molecule has 0 N–H and O–H groups in total. The molecular formula is C17H12F3N3O4.